The minimum atomic E-state index is 0.231. The molecule has 0 aliphatic heterocycles. The average molecular weight is 272 g/mol. The molecule has 0 saturated heterocycles. The van der Waals surface area contributed by atoms with Gasteiger partial charge in [0.1, 0.15) is 0 Å². The first-order valence-electron chi connectivity index (χ1n) is 7.43. The van der Waals surface area contributed by atoms with Crippen molar-refractivity contribution < 1.29 is 0 Å². The Morgan fingerprint density at radius 3 is 2.65 bits per heavy atom. The maximum atomic E-state index is 4.65. The summed E-state index contributed by atoms with van der Waals surface area (Å²) in [4.78, 5) is 4.36. The highest BCUT2D eigenvalue weighted by atomic mass is 15.3. The molecule has 0 amide bonds. The largest absolute Gasteiger partial charge is 0.303 e. The Kier molecular flexibility index (Phi) is 5.30. The van der Waals surface area contributed by atoms with Crippen LogP contribution in [0.1, 0.15) is 57.1 Å². The van der Waals surface area contributed by atoms with Gasteiger partial charge in [-0.25, -0.2) is 0 Å². The zero-order valence-electron chi connectivity index (χ0n) is 12.6. The van der Waals surface area contributed by atoms with E-state index in [-0.39, 0.29) is 6.04 Å². The quantitative estimate of drug-likeness (QED) is 0.839. The Morgan fingerprint density at radius 1 is 1.20 bits per heavy atom. The van der Waals surface area contributed by atoms with Gasteiger partial charge in [-0.05, 0) is 38.0 Å². The summed E-state index contributed by atoms with van der Waals surface area (Å²) in [6.45, 7) is 7.30. The van der Waals surface area contributed by atoms with Crippen LogP contribution in [0.25, 0.3) is 0 Å². The lowest BCUT2D eigenvalue weighted by Crippen LogP contribution is -2.19. The monoisotopic (exact) mass is 272 g/mol. The third-order valence-electron chi connectivity index (χ3n) is 3.70. The van der Waals surface area contributed by atoms with Gasteiger partial charge in [0.05, 0.1) is 17.4 Å². The lowest BCUT2D eigenvalue weighted by atomic mass is 10.2. The predicted molar refractivity (Wildman–Crippen MR) is 81.3 cm³/mol. The summed E-state index contributed by atoms with van der Waals surface area (Å²) in [7, 11) is 0. The predicted octanol–water partition coefficient (Wildman–Crippen LogP) is 3.49. The molecule has 2 aromatic heterocycles. The topological polar surface area (TPSA) is 42.7 Å². The van der Waals surface area contributed by atoms with Crippen LogP contribution in [0.4, 0.5) is 0 Å². The highest BCUT2D eigenvalue weighted by Crippen LogP contribution is 2.15. The number of nitrogens with one attached hydrogen (secondary N) is 1. The molecule has 1 unspecified atom stereocenters. The number of hydrogen-bond donors (Lipinski definition) is 1. The van der Waals surface area contributed by atoms with Crippen LogP contribution in [0.5, 0.6) is 0 Å². The van der Waals surface area contributed by atoms with Crippen molar-refractivity contribution in [3.05, 3.63) is 48.0 Å². The van der Waals surface area contributed by atoms with Gasteiger partial charge >= 0.3 is 0 Å². The van der Waals surface area contributed by atoms with Gasteiger partial charge in [0.25, 0.3) is 0 Å². The van der Waals surface area contributed by atoms with Gasteiger partial charge in [-0.15, -0.1) is 0 Å². The fourth-order valence-electron chi connectivity index (χ4n) is 2.33. The molecule has 4 nitrogen and oxygen atoms in total. The third-order valence-corrected chi connectivity index (χ3v) is 3.70. The minimum absolute atomic E-state index is 0.231. The Bertz CT molecular complexity index is 502. The second-order valence-electron chi connectivity index (χ2n) is 5.11. The van der Waals surface area contributed by atoms with E-state index in [1.807, 2.05) is 24.4 Å². The van der Waals surface area contributed by atoms with Crippen LogP contribution in [0.3, 0.4) is 0 Å². The van der Waals surface area contributed by atoms with Crippen LogP contribution in [0, 0.1) is 0 Å². The van der Waals surface area contributed by atoms with Crippen LogP contribution in [0.2, 0.25) is 0 Å². The normalized spacial score (nSPS) is 12.8. The molecule has 0 radical (unpaired) electrons. The van der Waals surface area contributed by atoms with Crippen molar-refractivity contribution >= 4 is 0 Å². The molecule has 0 bridgehead atoms. The summed E-state index contributed by atoms with van der Waals surface area (Å²) in [5.41, 5.74) is 2.15. The van der Waals surface area contributed by atoms with Gasteiger partial charge in [0.15, 0.2) is 0 Å². The minimum Gasteiger partial charge on any atom is -0.303 e. The van der Waals surface area contributed by atoms with E-state index in [9.17, 15) is 0 Å². The van der Waals surface area contributed by atoms with Crippen LogP contribution in [0.15, 0.2) is 36.7 Å². The SMILES string of the molecule is CCC(CC)n1ccc(CNC(C)c2ccccn2)n1. The molecule has 2 aromatic rings. The molecule has 0 aliphatic rings. The van der Waals surface area contributed by atoms with Crippen LogP contribution in [-0.2, 0) is 6.54 Å². The lowest BCUT2D eigenvalue weighted by molar-refractivity contribution is 0.422. The van der Waals surface area contributed by atoms with Crippen LogP contribution in [-0.4, -0.2) is 14.8 Å². The van der Waals surface area contributed by atoms with E-state index < -0.39 is 0 Å². The van der Waals surface area contributed by atoms with Gasteiger partial charge < -0.3 is 5.32 Å². The highest BCUT2D eigenvalue weighted by Gasteiger charge is 2.09. The van der Waals surface area contributed by atoms with Crippen molar-refractivity contribution in [1.82, 2.24) is 20.1 Å². The van der Waals surface area contributed by atoms with Gasteiger partial charge in [0.2, 0.25) is 0 Å². The Hall–Kier alpha value is -1.68. The van der Waals surface area contributed by atoms with Crippen molar-refractivity contribution in [2.75, 3.05) is 0 Å². The number of rotatable bonds is 7. The molecule has 20 heavy (non-hydrogen) atoms. The van der Waals surface area contributed by atoms with Crippen molar-refractivity contribution in [3.63, 3.8) is 0 Å². The second-order valence-corrected chi connectivity index (χ2v) is 5.11. The average Bonchev–Trinajstić information content (AvgIpc) is 2.96. The fraction of sp³-hybridized carbons (Fsp3) is 0.500. The molecular formula is C16H24N4. The molecule has 1 atom stereocenters. The Labute approximate surface area is 121 Å². The van der Waals surface area contributed by atoms with Gasteiger partial charge in [0, 0.05) is 25.0 Å². The Balaban J connectivity index is 1.91. The molecule has 0 aliphatic carbocycles. The molecule has 108 valence electrons. The van der Waals surface area contributed by atoms with Gasteiger partial charge in [-0.3, -0.25) is 9.67 Å². The molecule has 0 saturated carbocycles. The number of aromatic nitrogens is 3. The zero-order valence-corrected chi connectivity index (χ0v) is 12.6. The number of nitrogens with zero attached hydrogens (tertiary/aromatic N) is 3. The van der Waals surface area contributed by atoms with E-state index in [1.165, 1.54) is 0 Å². The second kappa shape index (κ2) is 7.20. The van der Waals surface area contributed by atoms with E-state index in [4.69, 9.17) is 0 Å². The van der Waals surface area contributed by atoms with Crippen molar-refractivity contribution in [2.24, 2.45) is 0 Å². The molecule has 2 rings (SSSR count). The number of hydrogen-bond acceptors (Lipinski definition) is 3. The van der Waals surface area contributed by atoms with E-state index in [0.29, 0.717) is 6.04 Å². The first kappa shape index (κ1) is 14.7. The first-order valence-corrected chi connectivity index (χ1v) is 7.43. The number of pyridine rings is 1. The maximum Gasteiger partial charge on any atom is 0.0762 e. The summed E-state index contributed by atoms with van der Waals surface area (Å²) in [6, 6.07) is 8.83. The lowest BCUT2D eigenvalue weighted by Gasteiger charge is -2.13. The molecule has 0 spiro atoms. The smallest absolute Gasteiger partial charge is 0.0762 e. The van der Waals surface area contributed by atoms with Crippen LogP contribution >= 0.6 is 0 Å². The van der Waals surface area contributed by atoms with E-state index >= 15 is 0 Å². The molecule has 2 heterocycles. The Morgan fingerprint density at radius 2 is 2.00 bits per heavy atom. The molecule has 0 fully saturated rings. The summed E-state index contributed by atoms with van der Waals surface area (Å²) in [6.07, 6.45) is 6.15. The van der Waals surface area contributed by atoms with E-state index in [0.717, 1.165) is 30.8 Å². The van der Waals surface area contributed by atoms with Gasteiger partial charge in [-0.1, -0.05) is 19.9 Å². The zero-order chi connectivity index (χ0) is 14.4. The fourth-order valence-corrected chi connectivity index (χ4v) is 2.33. The summed E-state index contributed by atoms with van der Waals surface area (Å²) >= 11 is 0. The molecule has 1 N–H and O–H groups in total. The van der Waals surface area contributed by atoms with Crippen LogP contribution < -0.4 is 5.32 Å². The molecular weight excluding hydrogens is 248 g/mol. The maximum absolute atomic E-state index is 4.65. The highest BCUT2D eigenvalue weighted by molar-refractivity contribution is 5.08. The third kappa shape index (κ3) is 3.67. The summed E-state index contributed by atoms with van der Waals surface area (Å²) < 4.78 is 2.09. The van der Waals surface area contributed by atoms with Gasteiger partial charge in [-0.2, -0.15) is 5.10 Å². The van der Waals surface area contributed by atoms with Crippen molar-refractivity contribution in [2.45, 2.75) is 52.2 Å². The molecule has 0 aromatic carbocycles. The van der Waals surface area contributed by atoms with Crippen molar-refractivity contribution in [1.29, 1.82) is 0 Å². The van der Waals surface area contributed by atoms with Crippen molar-refractivity contribution in [3.8, 4) is 0 Å². The first-order chi connectivity index (χ1) is 9.74. The summed E-state index contributed by atoms with van der Waals surface area (Å²) in [5, 5.41) is 8.12. The molecule has 4 heteroatoms. The van der Waals surface area contributed by atoms with E-state index in [1.54, 1.807) is 0 Å². The standard InChI is InChI=1S/C16H24N4/c1-4-15(5-2)20-11-9-14(19-20)12-18-13(3)16-8-6-7-10-17-16/h6-11,13,15,18H,4-5,12H2,1-3H3. The summed E-state index contributed by atoms with van der Waals surface area (Å²) in [5.74, 6) is 0. The van der Waals surface area contributed by atoms with E-state index in [2.05, 4.69) is 53.1 Å².